The number of fused-ring (bicyclic) bond motifs is 1. The minimum Gasteiger partial charge on any atom is -0.457 e. The summed E-state index contributed by atoms with van der Waals surface area (Å²) in [6, 6.07) is 22.8. The molecule has 1 fully saturated rings. The molecule has 3 aromatic carbocycles. The van der Waals surface area contributed by atoms with E-state index in [1.165, 1.54) is 19.3 Å². The molecule has 38 heavy (non-hydrogen) atoms. The Morgan fingerprint density at radius 3 is 2.53 bits per heavy atom. The minimum atomic E-state index is -0.320. The number of hydrogen-bond acceptors (Lipinski definition) is 5. The third kappa shape index (κ3) is 6.90. The van der Waals surface area contributed by atoms with Crippen LogP contribution in [0.3, 0.4) is 0 Å². The molecule has 1 atom stereocenters. The molecule has 1 aliphatic heterocycles. The Bertz CT molecular complexity index is 1320. The second-order valence-electron chi connectivity index (χ2n) is 9.74. The van der Waals surface area contributed by atoms with Crippen molar-refractivity contribution in [2.75, 3.05) is 30.3 Å². The number of nitrogens with zero attached hydrogens (tertiary/aromatic N) is 3. The summed E-state index contributed by atoms with van der Waals surface area (Å²) in [5.74, 6) is 1.46. The van der Waals surface area contributed by atoms with Crippen molar-refractivity contribution in [3.8, 4) is 11.5 Å². The van der Waals surface area contributed by atoms with E-state index in [9.17, 15) is 9.90 Å². The number of urea groups is 1. The highest BCUT2D eigenvalue weighted by molar-refractivity contribution is 6.00. The van der Waals surface area contributed by atoms with Crippen molar-refractivity contribution < 1.29 is 14.6 Å². The maximum atomic E-state index is 12.6. The lowest BCUT2D eigenvalue weighted by molar-refractivity contribution is 0.116. The number of carbonyl (C=O) groups is 1. The average molecular weight is 514 g/mol. The molecule has 1 aromatic heterocycles. The number of para-hydroxylation sites is 1. The van der Waals surface area contributed by atoms with E-state index in [-0.39, 0.29) is 12.6 Å². The van der Waals surface area contributed by atoms with Gasteiger partial charge in [0.25, 0.3) is 0 Å². The first-order chi connectivity index (χ1) is 18.7. The Morgan fingerprint density at radius 1 is 0.947 bits per heavy atom. The number of aliphatic hydroxyl groups excluding tert-OH is 1. The number of likely N-dealkylation sites (tertiary alicyclic amines) is 1. The highest BCUT2D eigenvalue weighted by Crippen LogP contribution is 2.24. The first-order valence-electron chi connectivity index (χ1n) is 13.4. The fourth-order valence-corrected chi connectivity index (χ4v) is 5.05. The highest BCUT2D eigenvalue weighted by Gasteiger charge is 2.21. The van der Waals surface area contributed by atoms with E-state index in [1.54, 1.807) is 12.1 Å². The number of ether oxygens (including phenoxy) is 1. The number of amides is 2. The molecular weight excluding hydrogens is 478 g/mol. The van der Waals surface area contributed by atoms with E-state index in [1.807, 2.05) is 65.3 Å². The van der Waals surface area contributed by atoms with Gasteiger partial charge >= 0.3 is 6.03 Å². The summed E-state index contributed by atoms with van der Waals surface area (Å²) >= 11 is 0. The smallest absolute Gasteiger partial charge is 0.323 e. The third-order valence-corrected chi connectivity index (χ3v) is 6.95. The highest BCUT2D eigenvalue weighted by atomic mass is 16.5. The molecule has 1 unspecified atom stereocenters. The fourth-order valence-electron chi connectivity index (χ4n) is 5.05. The SMILES string of the molecule is O=C(Nc1ccc(Oc2ccccc2)cc1)Nc1ccc2cn(CCCN3CCCCC3CCO)nc2c1. The molecule has 1 saturated heterocycles. The zero-order valence-corrected chi connectivity index (χ0v) is 21.6. The van der Waals surface area contributed by atoms with E-state index in [0.29, 0.717) is 23.2 Å². The van der Waals surface area contributed by atoms with Crippen LogP contribution in [-0.2, 0) is 6.54 Å². The number of nitrogens with one attached hydrogen (secondary N) is 2. The van der Waals surface area contributed by atoms with Crippen LogP contribution in [0.15, 0.2) is 79.0 Å². The van der Waals surface area contributed by atoms with E-state index >= 15 is 0 Å². The molecule has 3 N–H and O–H groups in total. The molecule has 198 valence electrons. The summed E-state index contributed by atoms with van der Waals surface area (Å²) < 4.78 is 7.78. The van der Waals surface area contributed by atoms with Crippen LogP contribution in [0.5, 0.6) is 11.5 Å². The van der Waals surface area contributed by atoms with Gasteiger partial charge in [-0.05, 0) is 86.8 Å². The van der Waals surface area contributed by atoms with E-state index in [0.717, 1.165) is 49.1 Å². The lowest BCUT2D eigenvalue weighted by atomic mass is 9.99. The second-order valence-corrected chi connectivity index (χ2v) is 9.74. The van der Waals surface area contributed by atoms with Crippen LogP contribution in [0, 0.1) is 0 Å². The number of anilines is 2. The standard InChI is InChI=1S/C30H35N5O3/c36-20-16-26-7-4-5-17-34(26)18-6-19-35-22-23-10-11-25(21-29(23)33-35)32-30(37)31-24-12-14-28(15-13-24)38-27-8-2-1-3-9-27/h1-3,8-15,21-22,26,36H,4-7,16-20H2,(H2,31,32,37). The monoisotopic (exact) mass is 513 g/mol. The quantitative estimate of drug-likeness (QED) is 0.238. The van der Waals surface area contributed by atoms with Crippen molar-refractivity contribution >= 4 is 28.3 Å². The summed E-state index contributed by atoms with van der Waals surface area (Å²) in [7, 11) is 0. The molecule has 2 heterocycles. The molecule has 0 radical (unpaired) electrons. The molecular formula is C30H35N5O3. The Kier molecular flexibility index (Phi) is 8.53. The van der Waals surface area contributed by atoms with Crippen LogP contribution in [0.2, 0.25) is 0 Å². The molecule has 0 saturated carbocycles. The maximum Gasteiger partial charge on any atom is 0.323 e. The minimum absolute atomic E-state index is 0.260. The lowest BCUT2D eigenvalue weighted by Crippen LogP contribution is -2.40. The number of piperidine rings is 1. The predicted molar refractivity (Wildman–Crippen MR) is 151 cm³/mol. The van der Waals surface area contributed by atoms with Gasteiger partial charge in [-0.1, -0.05) is 24.6 Å². The lowest BCUT2D eigenvalue weighted by Gasteiger charge is -2.35. The van der Waals surface area contributed by atoms with Crippen LogP contribution in [0.4, 0.5) is 16.2 Å². The zero-order valence-electron chi connectivity index (χ0n) is 21.6. The summed E-state index contributed by atoms with van der Waals surface area (Å²) in [5, 5.41) is 20.9. The Hall–Kier alpha value is -3.88. The van der Waals surface area contributed by atoms with Gasteiger partial charge in [0, 0.05) is 48.7 Å². The van der Waals surface area contributed by atoms with Gasteiger partial charge in [0.05, 0.1) is 5.52 Å². The number of rotatable bonds is 10. The Morgan fingerprint density at radius 2 is 1.71 bits per heavy atom. The van der Waals surface area contributed by atoms with E-state index in [2.05, 4.69) is 21.7 Å². The van der Waals surface area contributed by atoms with Crippen molar-refractivity contribution in [1.82, 2.24) is 14.7 Å². The van der Waals surface area contributed by atoms with Gasteiger partial charge < -0.3 is 25.4 Å². The van der Waals surface area contributed by atoms with E-state index in [4.69, 9.17) is 9.84 Å². The van der Waals surface area contributed by atoms with Gasteiger partial charge in [0.2, 0.25) is 0 Å². The first-order valence-corrected chi connectivity index (χ1v) is 13.4. The van der Waals surface area contributed by atoms with Crippen molar-refractivity contribution in [2.45, 2.75) is 44.7 Å². The number of aryl methyl sites for hydroxylation is 1. The molecule has 4 aromatic rings. The van der Waals surface area contributed by atoms with Crippen molar-refractivity contribution in [3.63, 3.8) is 0 Å². The summed E-state index contributed by atoms with van der Waals surface area (Å²) in [5.41, 5.74) is 2.20. The van der Waals surface area contributed by atoms with Gasteiger partial charge in [-0.3, -0.25) is 4.68 Å². The van der Waals surface area contributed by atoms with Crippen LogP contribution in [-0.4, -0.2) is 51.6 Å². The summed E-state index contributed by atoms with van der Waals surface area (Å²) in [6.45, 7) is 3.24. The molecule has 1 aliphatic rings. The molecule has 0 spiro atoms. The molecule has 0 bridgehead atoms. The summed E-state index contributed by atoms with van der Waals surface area (Å²) in [4.78, 5) is 15.1. The largest absolute Gasteiger partial charge is 0.457 e. The van der Waals surface area contributed by atoms with Crippen LogP contribution in [0.25, 0.3) is 10.9 Å². The number of aliphatic hydroxyl groups is 1. The number of hydrogen-bond donors (Lipinski definition) is 3. The van der Waals surface area contributed by atoms with Gasteiger partial charge in [-0.2, -0.15) is 5.10 Å². The Labute approximate surface area is 223 Å². The van der Waals surface area contributed by atoms with Gasteiger partial charge in [0.1, 0.15) is 11.5 Å². The van der Waals surface area contributed by atoms with Gasteiger partial charge in [-0.15, -0.1) is 0 Å². The first kappa shape index (κ1) is 25.8. The number of carbonyl (C=O) groups excluding carboxylic acids is 1. The normalized spacial score (nSPS) is 15.9. The van der Waals surface area contributed by atoms with E-state index < -0.39 is 0 Å². The molecule has 8 nitrogen and oxygen atoms in total. The van der Waals surface area contributed by atoms with Crippen LogP contribution < -0.4 is 15.4 Å². The molecule has 2 amide bonds. The third-order valence-electron chi connectivity index (χ3n) is 6.95. The predicted octanol–water partition coefficient (Wildman–Crippen LogP) is 6.10. The average Bonchev–Trinajstić information content (AvgIpc) is 3.33. The second kappa shape index (κ2) is 12.6. The number of aromatic nitrogens is 2. The maximum absolute atomic E-state index is 12.6. The van der Waals surface area contributed by atoms with Crippen LogP contribution >= 0.6 is 0 Å². The fraction of sp³-hybridized carbons (Fsp3) is 0.333. The van der Waals surface area contributed by atoms with Crippen molar-refractivity contribution in [3.05, 3.63) is 79.0 Å². The molecule has 8 heteroatoms. The van der Waals surface area contributed by atoms with Crippen LogP contribution in [0.1, 0.15) is 32.1 Å². The Balaban J connectivity index is 1.12. The topological polar surface area (TPSA) is 91.7 Å². The molecule has 0 aliphatic carbocycles. The summed E-state index contributed by atoms with van der Waals surface area (Å²) in [6.07, 6.45) is 7.62. The van der Waals surface area contributed by atoms with Crippen molar-refractivity contribution in [2.24, 2.45) is 0 Å². The molecule has 5 rings (SSSR count). The van der Waals surface area contributed by atoms with Crippen molar-refractivity contribution in [1.29, 1.82) is 0 Å². The zero-order chi connectivity index (χ0) is 26.2. The van der Waals surface area contributed by atoms with Gasteiger partial charge in [-0.25, -0.2) is 4.79 Å². The van der Waals surface area contributed by atoms with Gasteiger partial charge in [0.15, 0.2) is 0 Å². The number of benzene rings is 3.